The highest BCUT2D eigenvalue weighted by Gasteiger charge is 2.29. The van der Waals surface area contributed by atoms with Gasteiger partial charge in [-0.3, -0.25) is 0 Å². The Bertz CT molecular complexity index is 709. The van der Waals surface area contributed by atoms with Gasteiger partial charge in [0.05, 0.1) is 19.3 Å². The molecule has 22 heavy (non-hydrogen) atoms. The summed E-state index contributed by atoms with van der Waals surface area (Å²) in [5, 5.41) is 10.4. The Labute approximate surface area is 133 Å². The molecule has 2 aromatic heterocycles. The van der Waals surface area contributed by atoms with Crippen molar-refractivity contribution in [1.82, 2.24) is 19.5 Å². The van der Waals surface area contributed by atoms with E-state index < -0.39 is 5.60 Å². The SMILES string of the molecule is C[C@H]1COCCN1c1nc(Cl)nc2nc(C(C)(C)O)n(C)c12. The maximum atomic E-state index is 10.3. The summed E-state index contributed by atoms with van der Waals surface area (Å²) in [6.45, 7) is 7.48. The standard InChI is InChI=1S/C14H20ClN5O2/c1-8-7-22-6-5-20(8)11-9-10(17-13(15)18-11)16-12(19(9)4)14(2,3)21/h8,21H,5-7H2,1-4H3/t8-/m0/s1. The van der Waals surface area contributed by atoms with Gasteiger partial charge in [0.1, 0.15) is 16.9 Å². The number of fused-ring (bicyclic) bond motifs is 1. The topological polar surface area (TPSA) is 76.3 Å². The van der Waals surface area contributed by atoms with Gasteiger partial charge in [0.25, 0.3) is 0 Å². The highest BCUT2D eigenvalue weighted by molar-refractivity contribution is 6.28. The number of hydrogen-bond donors (Lipinski definition) is 1. The van der Waals surface area contributed by atoms with E-state index in [1.54, 1.807) is 13.8 Å². The maximum absolute atomic E-state index is 10.3. The number of aromatic nitrogens is 4. The van der Waals surface area contributed by atoms with Crippen molar-refractivity contribution in [2.45, 2.75) is 32.4 Å². The largest absolute Gasteiger partial charge is 0.383 e. The van der Waals surface area contributed by atoms with E-state index in [9.17, 15) is 5.11 Å². The molecule has 0 radical (unpaired) electrons. The molecule has 120 valence electrons. The predicted molar refractivity (Wildman–Crippen MR) is 84.2 cm³/mol. The number of halogens is 1. The predicted octanol–water partition coefficient (Wildman–Crippen LogP) is 1.47. The second-order valence-electron chi connectivity index (χ2n) is 6.16. The average molecular weight is 326 g/mol. The molecule has 3 heterocycles. The van der Waals surface area contributed by atoms with Crippen LogP contribution in [-0.2, 0) is 17.4 Å². The van der Waals surface area contributed by atoms with Crippen molar-refractivity contribution in [3.63, 3.8) is 0 Å². The van der Waals surface area contributed by atoms with E-state index in [0.29, 0.717) is 24.7 Å². The van der Waals surface area contributed by atoms with Crippen LogP contribution in [0.2, 0.25) is 5.28 Å². The lowest BCUT2D eigenvalue weighted by Crippen LogP contribution is -2.44. The molecule has 0 amide bonds. The highest BCUT2D eigenvalue weighted by Crippen LogP contribution is 2.31. The number of morpholine rings is 1. The van der Waals surface area contributed by atoms with Crippen molar-refractivity contribution in [2.75, 3.05) is 24.7 Å². The van der Waals surface area contributed by atoms with E-state index in [4.69, 9.17) is 16.3 Å². The van der Waals surface area contributed by atoms with Crippen molar-refractivity contribution < 1.29 is 9.84 Å². The van der Waals surface area contributed by atoms with Crippen LogP contribution in [0, 0.1) is 0 Å². The van der Waals surface area contributed by atoms with Crippen LogP contribution in [0.15, 0.2) is 0 Å². The zero-order valence-corrected chi connectivity index (χ0v) is 13.9. The third-order valence-corrected chi connectivity index (χ3v) is 4.04. The van der Waals surface area contributed by atoms with Crippen molar-refractivity contribution in [2.24, 2.45) is 7.05 Å². The molecule has 0 bridgehead atoms. The average Bonchev–Trinajstić information content (AvgIpc) is 2.75. The lowest BCUT2D eigenvalue weighted by atomic mass is 10.1. The van der Waals surface area contributed by atoms with Gasteiger partial charge in [-0.1, -0.05) is 0 Å². The van der Waals surface area contributed by atoms with Crippen LogP contribution in [0.1, 0.15) is 26.6 Å². The summed E-state index contributed by atoms with van der Waals surface area (Å²) >= 11 is 6.07. The minimum absolute atomic E-state index is 0.154. The molecule has 0 unspecified atom stereocenters. The monoisotopic (exact) mass is 325 g/mol. The summed E-state index contributed by atoms with van der Waals surface area (Å²) in [4.78, 5) is 15.2. The Hall–Kier alpha value is -1.44. The van der Waals surface area contributed by atoms with E-state index in [-0.39, 0.29) is 11.3 Å². The molecule has 1 aliphatic rings. The van der Waals surface area contributed by atoms with Crippen molar-refractivity contribution in [3.05, 3.63) is 11.1 Å². The normalized spacial score (nSPS) is 19.9. The molecule has 8 heteroatoms. The molecule has 7 nitrogen and oxygen atoms in total. The summed E-state index contributed by atoms with van der Waals surface area (Å²) in [5.74, 6) is 1.26. The maximum Gasteiger partial charge on any atom is 0.226 e. The van der Waals surface area contributed by atoms with Crippen LogP contribution in [0.4, 0.5) is 5.82 Å². The van der Waals surface area contributed by atoms with Gasteiger partial charge in [0.2, 0.25) is 5.28 Å². The Balaban J connectivity index is 2.23. The summed E-state index contributed by atoms with van der Waals surface area (Å²) < 4.78 is 7.32. The Morgan fingerprint density at radius 2 is 2.05 bits per heavy atom. The summed E-state index contributed by atoms with van der Waals surface area (Å²) in [6, 6.07) is 0.184. The zero-order valence-electron chi connectivity index (χ0n) is 13.2. The summed E-state index contributed by atoms with van der Waals surface area (Å²) in [5.41, 5.74) is 0.194. The molecule has 2 aromatic rings. The van der Waals surface area contributed by atoms with Crippen LogP contribution < -0.4 is 4.90 Å². The van der Waals surface area contributed by atoms with Crippen LogP contribution in [0.25, 0.3) is 11.2 Å². The zero-order chi connectivity index (χ0) is 16.1. The molecular formula is C14H20ClN5O2. The molecule has 0 saturated carbocycles. The first kappa shape index (κ1) is 15.5. The number of nitrogens with zero attached hydrogens (tertiary/aromatic N) is 5. The number of hydrogen-bond acceptors (Lipinski definition) is 6. The fourth-order valence-corrected chi connectivity index (χ4v) is 3.01. The third kappa shape index (κ3) is 2.53. The fraction of sp³-hybridized carbons (Fsp3) is 0.643. The molecule has 1 atom stereocenters. The first-order valence-corrected chi connectivity index (χ1v) is 7.64. The second-order valence-corrected chi connectivity index (χ2v) is 6.50. The first-order chi connectivity index (χ1) is 10.3. The van der Waals surface area contributed by atoms with Crippen LogP contribution in [0.3, 0.4) is 0 Å². The van der Waals surface area contributed by atoms with Gasteiger partial charge in [-0.05, 0) is 32.4 Å². The fourth-order valence-electron chi connectivity index (χ4n) is 2.85. The lowest BCUT2D eigenvalue weighted by Gasteiger charge is -2.34. The lowest BCUT2D eigenvalue weighted by molar-refractivity contribution is 0.0663. The Morgan fingerprint density at radius 3 is 2.68 bits per heavy atom. The minimum atomic E-state index is -1.07. The van der Waals surface area contributed by atoms with Gasteiger partial charge in [-0.15, -0.1) is 0 Å². The highest BCUT2D eigenvalue weighted by atomic mass is 35.5. The first-order valence-electron chi connectivity index (χ1n) is 7.26. The van der Waals surface area contributed by atoms with Gasteiger partial charge in [0, 0.05) is 13.6 Å². The van der Waals surface area contributed by atoms with Gasteiger partial charge in [0.15, 0.2) is 11.5 Å². The smallest absolute Gasteiger partial charge is 0.226 e. The quantitative estimate of drug-likeness (QED) is 0.843. The Morgan fingerprint density at radius 1 is 1.32 bits per heavy atom. The summed E-state index contributed by atoms with van der Waals surface area (Å²) in [7, 11) is 1.86. The minimum Gasteiger partial charge on any atom is -0.383 e. The van der Waals surface area contributed by atoms with Crippen molar-refractivity contribution in [1.29, 1.82) is 0 Å². The number of aryl methyl sites for hydroxylation is 1. The second kappa shape index (κ2) is 5.33. The van der Waals surface area contributed by atoms with E-state index in [0.717, 1.165) is 17.9 Å². The number of anilines is 1. The van der Waals surface area contributed by atoms with E-state index in [2.05, 4.69) is 26.8 Å². The van der Waals surface area contributed by atoms with E-state index in [1.165, 1.54) is 0 Å². The molecule has 0 aromatic carbocycles. The molecular weight excluding hydrogens is 306 g/mol. The van der Waals surface area contributed by atoms with Crippen LogP contribution >= 0.6 is 11.6 Å². The van der Waals surface area contributed by atoms with E-state index >= 15 is 0 Å². The van der Waals surface area contributed by atoms with E-state index in [1.807, 2.05) is 11.6 Å². The van der Waals surface area contributed by atoms with Crippen LogP contribution in [0.5, 0.6) is 0 Å². The Kier molecular flexibility index (Phi) is 3.74. The molecule has 1 saturated heterocycles. The molecule has 0 aliphatic carbocycles. The van der Waals surface area contributed by atoms with Crippen LogP contribution in [-0.4, -0.2) is 50.4 Å². The number of aliphatic hydroxyl groups is 1. The number of ether oxygens (including phenoxy) is 1. The molecule has 1 N–H and O–H groups in total. The van der Waals surface area contributed by atoms with Gasteiger partial charge in [-0.25, -0.2) is 4.98 Å². The molecule has 3 rings (SSSR count). The molecule has 1 fully saturated rings. The van der Waals surface area contributed by atoms with Crippen molar-refractivity contribution >= 4 is 28.6 Å². The third-order valence-electron chi connectivity index (χ3n) is 3.87. The molecule has 0 spiro atoms. The molecule has 1 aliphatic heterocycles. The van der Waals surface area contributed by atoms with Gasteiger partial charge < -0.3 is 19.3 Å². The van der Waals surface area contributed by atoms with Gasteiger partial charge >= 0.3 is 0 Å². The van der Waals surface area contributed by atoms with Crippen molar-refractivity contribution in [3.8, 4) is 0 Å². The number of imidazole rings is 1. The summed E-state index contributed by atoms with van der Waals surface area (Å²) in [6.07, 6.45) is 0. The number of rotatable bonds is 2. The van der Waals surface area contributed by atoms with Gasteiger partial charge in [-0.2, -0.15) is 9.97 Å².